The molecule has 1 aromatic carbocycles. The second-order valence-corrected chi connectivity index (χ2v) is 5.14. The quantitative estimate of drug-likeness (QED) is 0.749. The summed E-state index contributed by atoms with van der Waals surface area (Å²) >= 11 is -0.342. The van der Waals surface area contributed by atoms with Crippen LogP contribution in [0, 0.1) is 10.2 Å². The van der Waals surface area contributed by atoms with Crippen molar-refractivity contribution in [1.82, 2.24) is 0 Å². The Morgan fingerprint density at radius 2 is 2.12 bits per heavy atom. The topological polar surface area (TPSA) is 59.3 Å². The molecule has 17 heavy (non-hydrogen) atoms. The summed E-state index contributed by atoms with van der Waals surface area (Å²) in [6.45, 7) is 1.53. The summed E-state index contributed by atoms with van der Waals surface area (Å²) in [6.07, 6.45) is 0.342. The Hall–Kier alpha value is -1.50. The van der Waals surface area contributed by atoms with Crippen LogP contribution in [0.3, 0.4) is 0 Å². The van der Waals surface area contributed by atoms with Gasteiger partial charge in [-0.05, 0) is 0 Å². The number of nitrogens with zero attached hydrogens (tertiary/aromatic N) is 1. The molecule has 0 bridgehead atoms. The minimum absolute atomic E-state index is 0.0765. The second kappa shape index (κ2) is 6.29. The molecule has 0 aliphatic rings. The number of rotatable bonds is 5. The number of ketones is 1. The summed E-state index contributed by atoms with van der Waals surface area (Å²) < 4.78 is 11.2. The number of carbonyl (C=O) groups excluding carboxylic acids is 1. The SMILES string of the molecule is COc1cc(CC(C)=O)cc([Se]C#N)c1OC. The first-order chi connectivity index (χ1) is 8.12. The van der Waals surface area contributed by atoms with Crippen molar-refractivity contribution in [3.63, 3.8) is 0 Å². The zero-order valence-electron chi connectivity index (χ0n) is 9.94. The summed E-state index contributed by atoms with van der Waals surface area (Å²) in [6, 6.07) is 3.61. The zero-order chi connectivity index (χ0) is 12.8. The van der Waals surface area contributed by atoms with Gasteiger partial charge in [-0.15, -0.1) is 0 Å². The molecule has 1 aromatic rings. The van der Waals surface area contributed by atoms with Crippen LogP contribution in [0.5, 0.6) is 11.5 Å². The molecule has 0 saturated heterocycles. The maximum absolute atomic E-state index is 11.1. The standard InChI is InChI=1S/C12H13NO3Se/c1-8(14)4-9-5-10(15-2)12(16-3)11(6-9)17-7-13/h5-6H,4H2,1-3H3. The molecule has 0 fully saturated rings. The van der Waals surface area contributed by atoms with E-state index >= 15 is 0 Å². The van der Waals surface area contributed by atoms with E-state index in [2.05, 4.69) is 4.97 Å². The van der Waals surface area contributed by atoms with E-state index in [0.29, 0.717) is 17.9 Å². The molecule has 0 radical (unpaired) electrons. The Bertz CT molecular complexity index is 466. The molecule has 0 aliphatic heterocycles. The number of nitriles is 1. The fourth-order valence-electron chi connectivity index (χ4n) is 1.50. The third-order valence-corrected chi connectivity index (χ3v) is 3.40. The molecule has 0 atom stereocenters. The molecule has 0 spiro atoms. The van der Waals surface area contributed by atoms with Crippen LogP contribution >= 0.6 is 0 Å². The van der Waals surface area contributed by atoms with E-state index in [9.17, 15) is 4.79 Å². The number of methoxy groups -OCH3 is 2. The Labute approximate surface area is 107 Å². The number of ether oxygens (including phenoxy) is 2. The Kier molecular flexibility index (Phi) is 5.02. The van der Waals surface area contributed by atoms with E-state index in [1.165, 1.54) is 6.92 Å². The van der Waals surface area contributed by atoms with Gasteiger partial charge in [0.25, 0.3) is 0 Å². The molecule has 0 N–H and O–H groups in total. The van der Waals surface area contributed by atoms with Crippen LogP contribution in [0.4, 0.5) is 0 Å². The van der Waals surface area contributed by atoms with Gasteiger partial charge in [-0.25, -0.2) is 0 Å². The summed E-state index contributed by atoms with van der Waals surface area (Å²) in [5.74, 6) is 1.23. The average molecular weight is 298 g/mol. The predicted octanol–water partition coefficient (Wildman–Crippen LogP) is 0.646. The van der Waals surface area contributed by atoms with Crippen molar-refractivity contribution in [3.8, 4) is 16.5 Å². The summed E-state index contributed by atoms with van der Waals surface area (Å²) in [5.41, 5.74) is 0.849. The maximum atomic E-state index is 11.1. The Morgan fingerprint density at radius 3 is 2.59 bits per heavy atom. The van der Waals surface area contributed by atoms with Crippen molar-refractivity contribution in [1.29, 1.82) is 5.26 Å². The molecule has 0 aromatic heterocycles. The monoisotopic (exact) mass is 299 g/mol. The summed E-state index contributed by atoms with van der Waals surface area (Å²) in [7, 11) is 3.08. The molecule has 0 heterocycles. The molecular weight excluding hydrogens is 285 g/mol. The van der Waals surface area contributed by atoms with Crippen molar-refractivity contribution in [3.05, 3.63) is 17.7 Å². The predicted molar refractivity (Wildman–Crippen MR) is 64.9 cm³/mol. The average Bonchev–Trinajstić information content (AvgIpc) is 2.28. The van der Waals surface area contributed by atoms with E-state index in [-0.39, 0.29) is 20.7 Å². The first kappa shape index (κ1) is 13.6. The van der Waals surface area contributed by atoms with Crippen molar-refractivity contribution in [2.24, 2.45) is 0 Å². The third kappa shape index (κ3) is 3.48. The van der Waals surface area contributed by atoms with Gasteiger partial charge < -0.3 is 0 Å². The van der Waals surface area contributed by atoms with E-state index < -0.39 is 0 Å². The number of carbonyl (C=O) groups is 1. The first-order valence-electron chi connectivity index (χ1n) is 4.92. The second-order valence-electron chi connectivity index (χ2n) is 3.40. The number of hydrogen-bond acceptors (Lipinski definition) is 4. The van der Waals surface area contributed by atoms with Crippen LogP contribution < -0.4 is 13.9 Å². The molecule has 0 amide bonds. The van der Waals surface area contributed by atoms with Crippen LogP contribution in [0.15, 0.2) is 12.1 Å². The van der Waals surface area contributed by atoms with Gasteiger partial charge in [0, 0.05) is 0 Å². The van der Waals surface area contributed by atoms with Crippen LogP contribution in [0.2, 0.25) is 0 Å². The molecule has 0 aliphatic carbocycles. The number of hydrogen-bond donors (Lipinski definition) is 0. The fourth-order valence-corrected chi connectivity index (χ4v) is 2.73. The normalized spacial score (nSPS) is 9.53. The third-order valence-electron chi connectivity index (χ3n) is 2.11. The van der Waals surface area contributed by atoms with Crippen LogP contribution in [0.25, 0.3) is 0 Å². The van der Waals surface area contributed by atoms with E-state index in [0.717, 1.165) is 10.0 Å². The van der Waals surface area contributed by atoms with Crippen LogP contribution in [-0.2, 0) is 11.2 Å². The number of benzene rings is 1. The van der Waals surface area contributed by atoms with E-state index in [4.69, 9.17) is 14.7 Å². The Balaban J connectivity index is 3.24. The summed E-state index contributed by atoms with van der Waals surface area (Å²) in [5, 5.41) is 8.79. The van der Waals surface area contributed by atoms with Crippen LogP contribution in [-0.4, -0.2) is 35.0 Å². The van der Waals surface area contributed by atoms with Crippen molar-refractivity contribution in [2.75, 3.05) is 14.2 Å². The van der Waals surface area contributed by atoms with Gasteiger partial charge in [0.15, 0.2) is 0 Å². The van der Waals surface area contributed by atoms with E-state index in [1.54, 1.807) is 20.3 Å². The van der Waals surface area contributed by atoms with Gasteiger partial charge in [0.05, 0.1) is 0 Å². The molecule has 5 heteroatoms. The van der Waals surface area contributed by atoms with Gasteiger partial charge in [0.2, 0.25) is 0 Å². The Morgan fingerprint density at radius 1 is 1.41 bits per heavy atom. The van der Waals surface area contributed by atoms with E-state index in [1.807, 2.05) is 6.07 Å². The van der Waals surface area contributed by atoms with Crippen molar-refractivity contribution in [2.45, 2.75) is 13.3 Å². The van der Waals surface area contributed by atoms with Gasteiger partial charge >= 0.3 is 106 Å². The minimum atomic E-state index is -0.342. The number of Topliss-reactive ketones (excluding diaryl/α,β-unsaturated/α-hetero) is 1. The van der Waals surface area contributed by atoms with Gasteiger partial charge in [-0.1, -0.05) is 0 Å². The van der Waals surface area contributed by atoms with Gasteiger partial charge in [-0.3, -0.25) is 0 Å². The van der Waals surface area contributed by atoms with Crippen molar-refractivity contribution < 1.29 is 14.3 Å². The molecule has 90 valence electrons. The fraction of sp³-hybridized carbons (Fsp3) is 0.333. The first-order valence-corrected chi connectivity index (χ1v) is 6.64. The molecular formula is C12H13NO3Se. The summed E-state index contributed by atoms with van der Waals surface area (Å²) in [4.78, 5) is 13.2. The zero-order valence-corrected chi connectivity index (χ0v) is 11.7. The van der Waals surface area contributed by atoms with Crippen LogP contribution in [0.1, 0.15) is 12.5 Å². The molecule has 4 nitrogen and oxygen atoms in total. The molecule has 1 rings (SSSR count). The molecule has 0 unspecified atom stereocenters. The van der Waals surface area contributed by atoms with Gasteiger partial charge in [0.1, 0.15) is 0 Å². The van der Waals surface area contributed by atoms with Crippen molar-refractivity contribution >= 4 is 25.2 Å². The van der Waals surface area contributed by atoms with Gasteiger partial charge in [-0.2, -0.15) is 0 Å². The molecule has 0 saturated carbocycles.